The minimum atomic E-state index is -0.250. The van der Waals surface area contributed by atoms with Gasteiger partial charge in [0.25, 0.3) is 6.47 Å². The van der Waals surface area contributed by atoms with Gasteiger partial charge in [0.1, 0.15) is 11.4 Å². The molecule has 0 unspecified atom stereocenters. The molecule has 3 rings (SSSR count). The Balaban J connectivity index is 0.000000497. The van der Waals surface area contributed by atoms with Crippen LogP contribution in [0.5, 0.6) is 5.75 Å². The van der Waals surface area contributed by atoms with Crippen molar-refractivity contribution in [2.24, 2.45) is 0 Å². The molecular weight excluding hydrogens is 268 g/mol. The molecule has 0 radical (unpaired) electrons. The van der Waals surface area contributed by atoms with Crippen LogP contribution in [0.2, 0.25) is 0 Å². The normalized spacial score (nSPS) is 9.81. The molecule has 2 aromatic heterocycles. The second-order valence-electron chi connectivity index (χ2n) is 4.41. The predicted octanol–water partition coefficient (Wildman–Crippen LogP) is 3.04. The van der Waals surface area contributed by atoms with Gasteiger partial charge in [-0.3, -0.25) is 4.79 Å². The minimum Gasteiger partial charge on any atom is -0.497 e. The highest BCUT2D eigenvalue weighted by Gasteiger charge is 2.04. The Hall–Kier alpha value is -2.82. The summed E-state index contributed by atoms with van der Waals surface area (Å²) in [7, 11) is 1.67. The Morgan fingerprint density at radius 2 is 1.90 bits per heavy atom. The third kappa shape index (κ3) is 3.20. The molecule has 1 aromatic carbocycles. The van der Waals surface area contributed by atoms with Gasteiger partial charge in [-0.15, -0.1) is 0 Å². The standard InChI is InChI=1S/C15H14N2O.CH2O2/c1-11-9-12-7-8-17(15(12)16-10-11)13-3-5-14(18-2)6-4-13;2-1-3/h3-10H,1-2H3;1H,(H,2,3). The van der Waals surface area contributed by atoms with Crippen molar-refractivity contribution in [3.63, 3.8) is 0 Å². The topological polar surface area (TPSA) is 64.4 Å². The average molecular weight is 284 g/mol. The number of methoxy groups -OCH3 is 1. The summed E-state index contributed by atoms with van der Waals surface area (Å²) in [4.78, 5) is 12.9. The van der Waals surface area contributed by atoms with Crippen LogP contribution in [0.4, 0.5) is 0 Å². The Morgan fingerprint density at radius 3 is 2.52 bits per heavy atom. The Labute approximate surface area is 122 Å². The Kier molecular flexibility index (Phi) is 4.56. The molecule has 5 heteroatoms. The first-order valence-corrected chi connectivity index (χ1v) is 6.35. The third-order valence-electron chi connectivity index (χ3n) is 3.01. The number of rotatable bonds is 2. The monoisotopic (exact) mass is 284 g/mol. The van der Waals surface area contributed by atoms with Gasteiger partial charge in [0, 0.05) is 23.5 Å². The zero-order chi connectivity index (χ0) is 15.2. The maximum Gasteiger partial charge on any atom is 0.290 e. The number of aromatic nitrogens is 2. The van der Waals surface area contributed by atoms with Gasteiger partial charge in [-0.25, -0.2) is 4.98 Å². The molecule has 0 amide bonds. The van der Waals surface area contributed by atoms with Crippen molar-refractivity contribution >= 4 is 17.5 Å². The third-order valence-corrected chi connectivity index (χ3v) is 3.01. The zero-order valence-corrected chi connectivity index (χ0v) is 11.9. The van der Waals surface area contributed by atoms with Gasteiger partial charge < -0.3 is 14.4 Å². The highest BCUT2D eigenvalue weighted by molar-refractivity contribution is 5.78. The molecule has 0 saturated heterocycles. The van der Waals surface area contributed by atoms with Gasteiger partial charge in [0.2, 0.25) is 0 Å². The molecule has 5 nitrogen and oxygen atoms in total. The maximum atomic E-state index is 8.36. The van der Waals surface area contributed by atoms with Crippen LogP contribution in [0.1, 0.15) is 5.56 Å². The van der Waals surface area contributed by atoms with Crippen molar-refractivity contribution in [1.82, 2.24) is 9.55 Å². The number of carbonyl (C=O) groups is 1. The summed E-state index contributed by atoms with van der Waals surface area (Å²) < 4.78 is 7.24. The SMILES string of the molecule is COc1ccc(-n2ccc3cc(C)cnc32)cc1.O=CO. The lowest BCUT2D eigenvalue weighted by molar-refractivity contribution is -0.122. The molecule has 0 saturated carbocycles. The van der Waals surface area contributed by atoms with Crippen LogP contribution in [0.15, 0.2) is 48.8 Å². The largest absolute Gasteiger partial charge is 0.497 e. The number of ether oxygens (including phenoxy) is 1. The van der Waals surface area contributed by atoms with E-state index < -0.39 is 0 Å². The van der Waals surface area contributed by atoms with Crippen LogP contribution in [0.25, 0.3) is 16.7 Å². The molecule has 0 aliphatic carbocycles. The second kappa shape index (κ2) is 6.56. The molecule has 0 fully saturated rings. The average Bonchev–Trinajstić information content (AvgIpc) is 2.91. The fourth-order valence-electron chi connectivity index (χ4n) is 2.09. The molecule has 0 aliphatic rings. The molecule has 0 spiro atoms. The summed E-state index contributed by atoms with van der Waals surface area (Å²) in [6, 6.07) is 12.2. The number of pyridine rings is 1. The lowest BCUT2D eigenvalue weighted by Gasteiger charge is -2.06. The molecule has 0 aliphatic heterocycles. The molecule has 3 aromatic rings. The zero-order valence-electron chi connectivity index (χ0n) is 11.9. The summed E-state index contributed by atoms with van der Waals surface area (Å²) in [6.07, 6.45) is 3.93. The number of aryl methyl sites for hydroxylation is 1. The van der Waals surface area contributed by atoms with Gasteiger partial charge in [-0.1, -0.05) is 0 Å². The van der Waals surface area contributed by atoms with Crippen LogP contribution in [-0.4, -0.2) is 28.2 Å². The van der Waals surface area contributed by atoms with Gasteiger partial charge in [-0.05, 0) is 48.9 Å². The molecule has 0 atom stereocenters. The van der Waals surface area contributed by atoms with Crippen LogP contribution in [0, 0.1) is 6.92 Å². The number of hydrogen-bond acceptors (Lipinski definition) is 3. The van der Waals surface area contributed by atoms with E-state index in [1.165, 1.54) is 5.56 Å². The highest BCUT2D eigenvalue weighted by atomic mass is 16.5. The summed E-state index contributed by atoms with van der Waals surface area (Å²) >= 11 is 0. The van der Waals surface area contributed by atoms with Crippen molar-refractivity contribution < 1.29 is 14.6 Å². The summed E-state index contributed by atoms with van der Waals surface area (Å²) in [5, 5.41) is 8.05. The smallest absolute Gasteiger partial charge is 0.290 e. The molecule has 21 heavy (non-hydrogen) atoms. The molecule has 2 heterocycles. The van der Waals surface area contributed by atoms with Crippen molar-refractivity contribution in [3.8, 4) is 11.4 Å². The molecule has 0 bridgehead atoms. The number of fused-ring (bicyclic) bond motifs is 1. The van der Waals surface area contributed by atoms with Crippen LogP contribution < -0.4 is 4.74 Å². The van der Waals surface area contributed by atoms with Crippen molar-refractivity contribution in [2.45, 2.75) is 6.92 Å². The van der Waals surface area contributed by atoms with Crippen molar-refractivity contribution in [2.75, 3.05) is 7.11 Å². The van der Waals surface area contributed by atoms with E-state index in [-0.39, 0.29) is 6.47 Å². The first-order valence-electron chi connectivity index (χ1n) is 6.35. The fourth-order valence-corrected chi connectivity index (χ4v) is 2.09. The summed E-state index contributed by atoms with van der Waals surface area (Å²) in [5.74, 6) is 0.860. The quantitative estimate of drug-likeness (QED) is 0.735. The van der Waals surface area contributed by atoms with Crippen molar-refractivity contribution in [1.29, 1.82) is 0 Å². The minimum absolute atomic E-state index is 0.250. The Morgan fingerprint density at radius 1 is 1.24 bits per heavy atom. The first kappa shape index (κ1) is 14.6. The van der Waals surface area contributed by atoms with E-state index in [1.807, 2.05) is 36.7 Å². The van der Waals surface area contributed by atoms with E-state index in [2.05, 4.69) is 28.6 Å². The first-order chi connectivity index (χ1) is 10.2. The van der Waals surface area contributed by atoms with Crippen molar-refractivity contribution in [3.05, 3.63) is 54.4 Å². The van der Waals surface area contributed by atoms with E-state index in [9.17, 15) is 0 Å². The number of benzene rings is 1. The van der Waals surface area contributed by atoms with Crippen LogP contribution >= 0.6 is 0 Å². The molecule has 1 N–H and O–H groups in total. The number of hydrogen-bond donors (Lipinski definition) is 1. The lowest BCUT2D eigenvalue weighted by Crippen LogP contribution is -1.94. The molecular formula is C16H16N2O3. The Bertz CT molecular complexity index is 733. The summed E-state index contributed by atoms with van der Waals surface area (Å²) in [5.41, 5.74) is 3.24. The van der Waals surface area contributed by atoms with E-state index in [1.54, 1.807) is 7.11 Å². The van der Waals surface area contributed by atoms with Gasteiger partial charge in [-0.2, -0.15) is 0 Å². The van der Waals surface area contributed by atoms with Gasteiger partial charge in [0.05, 0.1) is 7.11 Å². The summed E-state index contributed by atoms with van der Waals surface area (Å²) in [6.45, 7) is 1.80. The van der Waals surface area contributed by atoms with E-state index in [0.717, 1.165) is 22.5 Å². The number of carboxylic acid groups (broad SMARTS) is 1. The number of nitrogens with zero attached hydrogens (tertiary/aromatic N) is 2. The van der Waals surface area contributed by atoms with E-state index >= 15 is 0 Å². The van der Waals surface area contributed by atoms with Gasteiger partial charge in [0.15, 0.2) is 0 Å². The highest BCUT2D eigenvalue weighted by Crippen LogP contribution is 2.21. The lowest BCUT2D eigenvalue weighted by atomic mass is 10.2. The van der Waals surface area contributed by atoms with E-state index in [0.29, 0.717) is 0 Å². The predicted molar refractivity (Wildman–Crippen MR) is 81.1 cm³/mol. The maximum absolute atomic E-state index is 8.36. The van der Waals surface area contributed by atoms with Crippen LogP contribution in [0.3, 0.4) is 0 Å². The van der Waals surface area contributed by atoms with Gasteiger partial charge >= 0.3 is 0 Å². The fraction of sp³-hybridized carbons (Fsp3) is 0.125. The van der Waals surface area contributed by atoms with E-state index in [4.69, 9.17) is 14.6 Å². The second-order valence-corrected chi connectivity index (χ2v) is 4.41. The van der Waals surface area contributed by atoms with Crippen LogP contribution in [-0.2, 0) is 4.79 Å². The molecule has 108 valence electrons.